The number of aliphatic hydroxyl groups excluding tert-OH is 1. The number of hydrogen-bond donors (Lipinski definition) is 1. The summed E-state index contributed by atoms with van der Waals surface area (Å²) in [6.07, 6.45) is 2.27. The average Bonchev–Trinajstić information content (AvgIpc) is 2.82. The van der Waals surface area contributed by atoms with Crippen LogP contribution in [0.3, 0.4) is 0 Å². The van der Waals surface area contributed by atoms with E-state index in [0.29, 0.717) is 0 Å². The molecule has 1 aromatic rings. The Morgan fingerprint density at radius 3 is 2.67 bits per heavy atom. The van der Waals surface area contributed by atoms with Crippen LogP contribution in [0.5, 0.6) is 0 Å². The molecule has 4 nitrogen and oxygen atoms in total. The molecule has 0 saturated carbocycles. The zero-order chi connectivity index (χ0) is 15.0. The summed E-state index contributed by atoms with van der Waals surface area (Å²) in [6, 6.07) is 8.30. The van der Waals surface area contributed by atoms with Crippen LogP contribution in [0.1, 0.15) is 32.3 Å². The van der Waals surface area contributed by atoms with E-state index in [9.17, 15) is 9.90 Å². The van der Waals surface area contributed by atoms with Crippen molar-refractivity contribution in [1.29, 1.82) is 0 Å². The van der Waals surface area contributed by atoms with Crippen LogP contribution in [0.25, 0.3) is 0 Å². The van der Waals surface area contributed by atoms with Gasteiger partial charge in [0.1, 0.15) is 0 Å². The third-order valence-corrected chi connectivity index (χ3v) is 4.85. The molecule has 3 rings (SSSR count). The average molecular weight is 288 g/mol. The minimum Gasteiger partial charge on any atom is -0.393 e. The Labute approximate surface area is 126 Å². The van der Waals surface area contributed by atoms with E-state index in [1.165, 1.54) is 5.56 Å². The molecule has 0 bridgehead atoms. The summed E-state index contributed by atoms with van der Waals surface area (Å²) in [7, 11) is 0. The van der Waals surface area contributed by atoms with E-state index in [-0.39, 0.29) is 24.1 Å². The maximum Gasteiger partial charge on any atom is 0.244 e. The van der Waals surface area contributed by atoms with E-state index >= 15 is 0 Å². The Bertz CT molecular complexity index is 523. The Hall–Kier alpha value is -1.39. The zero-order valence-corrected chi connectivity index (χ0v) is 12.8. The molecule has 0 aliphatic carbocycles. The lowest BCUT2D eigenvalue weighted by molar-refractivity contribution is -0.124. The van der Waals surface area contributed by atoms with Gasteiger partial charge in [-0.15, -0.1) is 0 Å². The normalized spacial score (nSPS) is 24.9. The summed E-state index contributed by atoms with van der Waals surface area (Å²) in [6.45, 7) is 5.72. The lowest BCUT2D eigenvalue weighted by Gasteiger charge is -2.36. The number of likely N-dealkylation sites (tertiary alicyclic amines) is 1. The number of benzene rings is 1. The van der Waals surface area contributed by atoms with E-state index in [0.717, 1.165) is 38.0 Å². The fraction of sp³-hybridized carbons (Fsp3) is 0.588. The van der Waals surface area contributed by atoms with Gasteiger partial charge < -0.3 is 10.0 Å². The van der Waals surface area contributed by atoms with Crippen LogP contribution in [-0.2, 0) is 11.2 Å². The molecule has 2 heterocycles. The molecule has 0 unspecified atom stereocenters. The standard InChI is InChI=1S/C17H24N2O2/c1-12-11-14-5-3-4-6-16(14)19(12)17(21)13(2)18-9-7-15(20)8-10-18/h3-6,12-13,15,20H,7-11H2,1-2H3/t12-,13-/m1/s1. The molecule has 21 heavy (non-hydrogen) atoms. The maximum atomic E-state index is 12.9. The van der Waals surface area contributed by atoms with Crippen molar-refractivity contribution in [3.63, 3.8) is 0 Å². The maximum absolute atomic E-state index is 12.9. The number of fused-ring (bicyclic) bond motifs is 1. The third kappa shape index (κ3) is 2.70. The summed E-state index contributed by atoms with van der Waals surface area (Å²) in [5.74, 6) is 0.184. The molecular formula is C17H24N2O2. The highest BCUT2D eigenvalue weighted by Gasteiger charge is 2.35. The van der Waals surface area contributed by atoms with Gasteiger partial charge in [-0.2, -0.15) is 0 Å². The van der Waals surface area contributed by atoms with Crippen LogP contribution >= 0.6 is 0 Å². The quantitative estimate of drug-likeness (QED) is 0.902. The molecule has 2 aliphatic heterocycles. The number of rotatable bonds is 2. The molecule has 4 heteroatoms. The molecule has 1 amide bonds. The van der Waals surface area contributed by atoms with Crippen molar-refractivity contribution in [2.75, 3.05) is 18.0 Å². The van der Waals surface area contributed by atoms with Gasteiger partial charge >= 0.3 is 0 Å². The molecule has 1 N–H and O–H groups in total. The second kappa shape index (κ2) is 5.78. The molecular weight excluding hydrogens is 264 g/mol. The fourth-order valence-electron chi connectivity index (χ4n) is 3.53. The van der Waals surface area contributed by atoms with Crippen LogP contribution < -0.4 is 4.90 Å². The Morgan fingerprint density at radius 1 is 1.29 bits per heavy atom. The fourth-order valence-corrected chi connectivity index (χ4v) is 3.53. The summed E-state index contributed by atoms with van der Waals surface area (Å²) < 4.78 is 0. The van der Waals surface area contributed by atoms with Crippen molar-refractivity contribution in [3.05, 3.63) is 29.8 Å². The molecule has 1 fully saturated rings. The van der Waals surface area contributed by atoms with E-state index in [4.69, 9.17) is 0 Å². The number of piperidine rings is 1. The highest BCUT2D eigenvalue weighted by atomic mass is 16.3. The highest BCUT2D eigenvalue weighted by Crippen LogP contribution is 2.32. The molecule has 2 aliphatic rings. The third-order valence-electron chi connectivity index (χ3n) is 4.85. The Balaban J connectivity index is 1.76. The summed E-state index contributed by atoms with van der Waals surface area (Å²) in [5.41, 5.74) is 2.33. The van der Waals surface area contributed by atoms with Gasteiger partial charge in [0, 0.05) is 24.8 Å². The van der Waals surface area contributed by atoms with Gasteiger partial charge in [-0.05, 0) is 44.7 Å². The minimum atomic E-state index is -0.199. The molecule has 114 valence electrons. The number of amides is 1. The number of aliphatic hydroxyl groups is 1. The van der Waals surface area contributed by atoms with Crippen LogP contribution in [0.15, 0.2) is 24.3 Å². The first-order valence-electron chi connectivity index (χ1n) is 7.91. The zero-order valence-electron chi connectivity index (χ0n) is 12.8. The molecule has 0 aromatic heterocycles. The first kappa shape index (κ1) is 14.5. The number of para-hydroxylation sites is 1. The summed E-state index contributed by atoms with van der Waals surface area (Å²) in [5, 5.41) is 9.61. The molecule has 1 aromatic carbocycles. The van der Waals surface area contributed by atoms with Gasteiger partial charge in [-0.3, -0.25) is 9.69 Å². The first-order chi connectivity index (χ1) is 10.1. The first-order valence-corrected chi connectivity index (χ1v) is 7.91. The number of nitrogens with zero attached hydrogens (tertiary/aromatic N) is 2. The Kier molecular flexibility index (Phi) is 4.00. The second-order valence-electron chi connectivity index (χ2n) is 6.33. The van der Waals surface area contributed by atoms with Crippen LogP contribution in [0.4, 0.5) is 5.69 Å². The SMILES string of the molecule is C[C@H](C(=O)N1c2ccccc2C[C@H]1C)N1CCC(O)CC1. The van der Waals surface area contributed by atoms with E-state index in [1.54, 1.807) is 0 Å². The van der Waals surface area contributed by atoms with E-state index < -0.39 is 0 Å². The van der Waals surface area contributed by atoms with Crippen molar-refractivity contribution in [1.82, 2.24) is 4.90 Å². The summed E-state index contributed by atoms with van der Waals surface area (Å²) >= 11 is 0. The number of carbonyl (C=O) groups excluding carboxylic acids is 1. The largest absolute Gasteiger partial charge is 0.393 e. The second-order valence-corrected chi connectivity index (χ2v) is 6.33. The van der Waals surface area contributed by atoms with E-state index in [2.05, 4.69) is 17.9 Å². The lowest BCUT2D eigenvalue weighted by Crippen LogP contribution is -2.51. The van der Waals surface area contributed by atoms with Gasteiger partial charge in [-0.1, -0.05) is 18.2 Å². The smallest absolute Gasteiger partial charge is 0.244 e. The minimum absolute atomic E-state index is 0.119. The molecule has 2 atom stereocenters. The summed E-state index contributed by atoms with van der Waals surface area (Å²) in [4.78, 5) is 17.1. The lowest BCUT2D eigenvalue weighted by atomic mass is 10.1. The number of anilines is 1. The van der Waals surface area contributed by atoms with Crippen LogP contribution in [0.2, 0.25) is 0 Å². The number of hydrogen-bond acceptors (Lipinski definition) is 3. The van der Waals surface area contributed by atoms with Crippen molar-refractivity contribution in [3.8, 4) is 0 Å². The predicted octanol–water partition coefficient (Wildman–Crippen LogP) is 1.81. The molecule has 1 saturated heterocycles. The monoisotopic (exact) mass is 288 g/mol. The van der Waals surface area contributed by atoms with Crippen molar-refractivity contribution in [2.45, 2.75) is 51.3 Å². The van der Waals surface area contributed by atoms with Gasteiger partial charge in [0.15, 0.2) is 0 Å². The molecule has 0 spiro atoms. The Morgan fingerprint density at radius 2 is 1.95 bits per heavy atom. The van der Waals surface area contributed by atoms with Gasteiger partial charge in [0.2, 0.25) is 5.91 Å². The van der Waals surface area contributed by atoms with Crippen molar-refractivity contribution < 1.29 is 9.90 Å². The van der Waals surface area contributed by atoms with Gasteiger partial charge in [0.25, 0.3) is 0 Å². The van der Waals surface area contributed by atoms with Crippen LogP contribution in [0, 0.1) is 0 Å². The highest BCUT2D eigenvalue weighted by molar-refractivity contribution is 5.99. The number of carbonyl (C=O) groups is 1. The predicted molar refractivity (Wildman–Crippen MR) is 83.4 cm³/mol. The topological polar surface area (TPSA) is 43.8 Å². The van der Waals surface area contributed by atoms with Gasteiger partial charge in [0.05, 0.1) is 12.1 Å². The molecule has 0 radical (unpaired) electrons. The van der Waals surface area contributed by atoms with Crippen molar-refractivity contribution >= 4 is 11.6 Å². The van der Waals surface area contributed by atoms with Crippen molar-refractivity contribution in [2.24, 2.45) is 0 Å². The van der Waals surface area contributed by atoms with Crippen LogP contribution in [-0.4, -0.2) is 47.2 Å². The van der Waals surface area contributed by atoms with Gasteiger partial charge in [-0.25, -0.2) is 0 Å². The van der Waals surface area contributed by atoms with E-state index in [1.807, 2.05) is 30.0 Å².